The van der Waals surface area contributed by atoms with Gasteiger partial charge in [0.15, 0.2) is 0 Å². The van der Waals surface area contributed by atoms with Crippen LogP contribution in [0.3, 0.4) is 0 Å². The zero-order valence-electron chi connectivity index (χ0n) is 8.13. The van der Waals surface area contributed by atoms with E-state index in [1.807, 2.05) is 0 Å². The average molecular weight is 326 g/mol. The van der Waals surface area contributed by atoms with Gasteiger partial charge in [-0.3, -0.25) is 0 Å². The highest BCUT2D eigenvalue weighted by atomic mass is 32.2. The van der Waals surface area contributed by atoms with E-state index >= 15 is 0 Å². The maximum atomic E-state index is 12.4. The molecule has 19 heavy (non-hydrogen) atoms. The summed E-state index contributed by atoms with van der Waals surface area (Å²) in [4.78, 5) is 9.96. The Kier molecular flexibility index (Phi) is 5.10. The van der Waals surface area contributed by atoms with Gasteiger partial charge in [0.25, 0.3) is 12.7 Å². The molecule has 14 heteroatoms. The molecule has 2 atom stereocenters. The third-order valence-corrected chi connectivity index (χ3v) is 2.16. The summed E-state index contributed by atoms with van der Waals surface area (Å²) < 4.78 is 120. The van der Waals surface area contributed by atoms with Crippen molar-refractivity contribution in [1.29, 1.82) is 0 Å². The van der Waals surface area contributed by atoms with Crippen LogP contribution in [0.15, 0.2) is 0 Å². The van der Waals surface area contributed by atoms with Crippen molar-refractivity contribution in [2.45, 2.75) is 24.4 Å². The van der Waals surface area contributed by atoms with Crippen LogP contribution in [0.25, 0.3) is 0 Å². The fourth-order valence-electron chi connectivity index (χ4n) is 0.442. The summed E-state index contributed by atoms with van der Waals surface area (Å²) in [7, 11) is -6.60. The van der Waals surface area contributed by atoms with Crippen LogP contribution in [0.2, 0.25) is 0 Å². The van der Waals surface area contributed by atoms with E-state index in [-0.39, 0.29) is 0 Å². The van der Waals surface area contributed by atoms with E-state index < -0.39 is 40.5 Å². The molecule has 0 amide bonds. The molecule has 0 unspecified atom stereocenters. The van der Waals surface area contributed by atoms with Crippen molar-refractivity contribution in [3.63, 3.8) is 0 Å². The van der Waals surface area contributed by atoms with Crippen molar-refractivity contribution < 1.29 is 57.3 Å². The normalized spacial score (nSPS) is 16.8. The summed E-state index contributed by atoms with van der Waals surface area (Å²) in [6.07, 6.45) is -13.9. The van der Waals surface area contributed by atoms with Gasteiger partial charge in [-0.1, -0.05) is 0 Å². The van der Waals surface area contributed by atoms with Crippen LogP contribution in [-0.2, 0) is 23.8 Å². The van der Waals surface area contributed by atoms with Crippen LogP contribution >= 0.6 is 0 Å². The van der Waals surface area contributed by atoms with E-state index in [2.05, 4.69) is 8.92 Å². The molecule has 0 N–H and O–H groups in total. The lowest BCUT2D eigenvalue weighted by Crippen LogP contribution is -2.37. The summed E-state index contributed by atoms with van der Waals surface area (Å²) in [5.74, 6) is -3.28. The van der Waals surface area contributed by atoms with Crippen molar-refractivity contribution in [3.05, 3.63) is 0 Å². The third kappa shape index (κ3) is 5.14. The molecule has 0 fully saturated rings. The fourth-order valence-corrected chi connectivity index (χ4v) is 0.880. The molecule has 0 rings (SSSR count). The number of esters is 1. The van der Waals surface area contributed by atoms with E-state index in [0.29, 0.717) is 0 Å². The van der Waals surface area contributed by atoms with Gasteiger partial charge >= 0.3 is 27.8 Å². The summed E-state index contributed by atoms with van der Waals surface area (Å²) in [5, 5.41) is 0. The van der Waals surface area contributed by atoms with Gasteiger partial charge in [0, 0.05) is 0 Å². The van der Waals surface area contributed by atoms with E-state index in [9.17, 15) is 48.3 Å². The zero-order chi connectivity index (χ0) is 15.6. The topological polar surface area (TPSA) is 69.7 Å². The van der Waals surface area contributed by atoms with E-state index in [1.165, 1.54) is 0 Å². The van der Waals surface area contributed by atoms with Gasteiger partial charge in [-0.25, -0.2) is 13.4 Å². The second-order valence-corrected chi connectivity index (χ2v) is 4.17. The Morgan fingerprint density at radius 3 is 1.68 bits per heavy atom. The number of halogens is 8. The van der Waals surface area contributed by atoms with Crippen molar-refractivity contribution >= 4 is 16.1 Å². The Labute approximate surface area is 98.7 Å². The van der Waals surface area contributed by atoms with Crippen LogP contribution in [-0.4, -0.2) is 38.8 Å². The van der Waals surface area contributed by atoms with E-state index in [1.54, 1.807) is 0 Å². The molecule has 0 aromatic rings. The fraction of sp³-hybridized carbons (Fsp3) is 0.800. The molecule has 0 radical (unpaired) electrons. The first-order valence-electron chi connectivity index (χ1n) is 3.74. The van der Waals surface area contributed by atoms with Crippen LogP contribution in [0, 0.1) is 0 Å². The number of carbonyl (C=O) groups is 1. The summed E-state index contributed by atoms with van der Waals surface area (Å²) in [5.41, 5.74) is -6.13. The molecule has 0 saturated carbocycles. The quantitative estimate of drug-likeness (QED) is 0.339. The van der Waals surface area contributed by atoms with Crippen molar-refractivity contribution in [3.8, 4) is 0 Å². The predicted molar refractivity (Wildman–Crippen MR) is 38.0 cm³/mol. The average Bonchev–Trinajstić information content (AvgIpc) is 2.13. The monoisotopic (exact) mass is 326 g/mol. The minimum Gasteiger partial charge on any atom is -0.418 e. The van der Waals surface area contributed by atoms with Crippen molar-refractivity contribution in [2.24, 2.45) is 0 Å². The minimum absolute atomic E-state index is 2.54. The summed E-state index contributed by atoms with van der Waals surface area (Å²) in [6.45, 7) is 0. The van der Waals surface area contributed by atoms with Gasteiger partial charge in [-0.05, 0) is 0 Å². The maximum absolute atomic E-state index is 12.4. The lowest BCUT2D eigenvalue weighted by molar-refractivity contribution is -0.226. The van der Waals surface area contributed by atoms with Gasteiger partial charge < -0.3 is 4.74 Å². The van der Waals surface area contributed by atoms with E-state index in [4.69, 9.17) is 0 Å². The zero-order valence-corrected chi connectivity index (χ0v) is 8.94. The molecule has 0 spiro atoms. The molecule has 0 aliphatic rings. The first-order chi connectivity index (χ1) is 8.18. The van der Waals surface area contributed by atoms with Gasteiger partial charge in [0.1, 0.15) is 0 Å². The number of alkyl halides is 8. The van der Waals surface area contributed by atoms with Crippen LogP contribution in [0.4, 0.5) is 35.1 Å². The lowest BCUT2D eigenvalue weighted by atomic mass is 10.6. The molecule has 0 heterocycles. The predicted octanol–water partition coefficient (Wildman–Crippen LogP) is 1.55. The molecular formula is C5H2F8O5S. The first-order valence-corrected chi connectivity index (χ1v) is 5.15. The Morgan fingerprint density at radius 2 is 1.37 bits per heavy atom. The Morgan fingerprint density at radius 1 is 0.947 bits per heavy atom. The molecule has 0 aliphatic heterocycles. The van der Waals surface area contributed by atoms with E-state index in [0.717, 1.165) is 0 Å². The molecule has 5 nitrogen and oxygen atoms in total. The number of hydrogen-bond acceptors (Lipinski definition) is 5. The number of hydrogen-bond donors (Lipinski definition) is 0. The number of ether oxygens (including phenoxy) is 1. The van der Waals surface area contributed by atoms with Crippen LogP contribution in [0.5, 0.6) is 0 Å². The second kappa shape index (κ2) is 5.44. The molecular weight excluding hydrogens is 324 g/mol. The van der Waals surface area contributed by atoms with Crippen molar-refractivity contribution in [2.75, 3.05) is 0 Å². The first kappa shape index (κ1) is 17.8. The van der Waals surface area contributed by atoms with Crippen molar-refractivity contribution in [1.82, 2.24) is 0 Å². The third-order valence-electron chi connectivity index (χ3n) is 1.16. The molecule has 0 aliphatic carbocycles. The Hall–Kier alpha value is -1.18. The van der Waals surface area contributed by atoms with Crippen LogP contribution < -0.4 is 0 Å². The van der Waals surface area contributed by atoms with Gasteiger partial charge in [-0.2, -0.15) is 39.2 Å². The number of carbonyl (C=O) groups excluding carboxylic acids is 1. The minimum atomic E-state index is -6.60. The largest absolute Gasteiger partial charge is 0.523 e. The standard InChI is InChI=1S/C5H2F8O5S/c6-1(17-3(14)4(8,9)10)2(7)18-19(15,16)5(11,12)13/h1-2H/t1-,2+/m0/s1. The van der Waals surface area contributed by atoms with Gasteiger partial charge in [0.05, 0.1) is 0 Å². The highest BCUT2D eigenvalue weighted by Crippen LogP contribution is 2.27. The highest BCUT2D eigenvalue weighted by Gasteiger charge is 2.51. The molecule has 0 bridgehead atoms. The van der Waals surface area contributed by atoms with Gasteiger partial charge in [-0.15, -0.1) is 0 Å². The maximum Gasteiger partial charge on any atom is 0.523 e. The summed E-state index contributed by atoms with van der Waals surface area (Å²) in [6, 6.07) is 0. The molecule has 114 valence electrons. The lowest BCUT2D eigenvalue weighted by Gasteiger charge is -2.16. The molecule has 0 aromatic heterocycles. The van der Waals surface area contributed by atoms with Crippen LogP contribution in [0.1, 0.15) is 0 Å². The smallest absolute Gasteiger partial charge is 0.418 e. The molecule has 0 saturated heterocycles. The Bertz CT molecular complexity index is 424. The Balaban J connectivity index is 4.70. The number of rotatable bonds is 4. The molecule has 0 aromatic carbocycles. The SMILES string of the molecule is O=C(O[C@H](F)[C@H](F)OS(=O)(=O)C(F)(F)F)C(F)(F)F. The summed E-state index contributed by atoms with van der Waals surface area (Å²) >= 11 is 0. The highest BCUT2D eigenvalue weighted by molar-refractivity contribution is 7.87. The van der Waals surface area contributed by atoms with Gasteiger partial charge in [0.2, 0.25) is 0 Å². The second-order valence-electron chi connectivity index (χ2n) is 2.60.